The van der Waals surface area contributed by atoms with E-state index in [1.54, 1.807) is 36.4 Å². The number of amides is 4. The Kier molecular flexibility index (Phi) is 6.89. The van der Waals surface area contributed by atoms with Gasteiger partial charge in [-0.15, -0.1) is 0 Å². The second kappa shape index (κ2) is 10.0. The summed E-state index contributed by atoms with van der Waals surface area (Å²) in [5.74, 6) is -0.591. The molecule has 1 heterocycles. The minimum Gasteiger partial charge on any atom is -0.497 e. The number of nitrogens with one attached hydrogen (secondary N) is 1. The zero-order chi connectivity index (χ0) is 25.1. The molecule has 0 aromatic heterocycles. The lowest BCUT2D eigenvalue weighted by Gasteiger charge is -2.26. The molecule has 0 unspecified atom stereocenters. The Bertz CT molecular complexity index is 1350. The first-order valence-corrected chi connectivity index (χ1v) is 11.2. The van der Waals surface area contributed by atoms with Crippen molar-refractivity contribution in [2.24, 2.45) is 0 Å². The van der Waals surface area contributed by atoms with Crippen LogP contribution < -0.4 is 19.7 Å². The van der Waals surface area contributed by atoms with Gasteiger partial charge in [0, 0.05) is 16.7 Å². The number of barbiturate groups is 1. The fourth-order valence-electron chi connectivity index (χ4n) is 3.86. The van der Waals surface area contributed by atoms with Crippen LogP contribution in [0.15, 0.2) is 66.2 Å². The number of carbonyl (C=O) groups is 3. The van der Waals surface area contributed by atoms with E-state index in [0.717, 1.165) is 21.6 Å². The van der Waals surface area contributed by atoms with E-state index in [9.17, 15) is 14.4 Å². The molecule has 0 saturated carbocycles. The average molecular weight is 491 g/mol. The lowest BCUT2D eigenvalue weighted by Crippen LogP contribution is -2.54. The third kappa shape index (κ3) is 5.36. The van der Waals surface area contributed by atoms with E-state index in [1.165, 1.54) is 19.3 Å². The summed E-state index contributed by atoms with van der Waals surface area (Å²) in [4.78, 5) is 39.2. The van der Waals surface area contributed by atoms with E-state index in [2.05, 4.69) is 11.4 Å². The number of halogens is 1. The molecule has 0 atom stereocenters. The highest BCUT2D eigenvalue weighted by molar-refractivity contribution is 6.39. The van der Waals surface area contributed by atoms with E-state index in [4.69, 9.17) is 21.1 Å². The summed E-state index contributed by atoms with van der Waals surface area (Å²) < 4.78 is 11.4. The Labute approximate surface area is 207 Å². The van der Waals surface area contributed by atoms with Gasteiger partial charge in [0.1, 0.15) is 23.7 Å². The van der Waals surface area contributed by atoms with Crippen LogP contribution in [0.5, 0.6) is 11.5 Å². The minimum atomic E-state index is -0.847. The predicted molar refractivity (Wildman–Crippen MR) is 134 cm³/mol. The van der Waals surface area contributed by atoms with Crippen LogP contribution in [0.1, 0.15) is 22.3 Å². The number of anilines is 1. The highest BCUT2D eigenvalue weighted by atomic mass is 35.5. The second-order valence-corrected chi connectivity index (χ2v) is 8.56. The van der Waals surface area contributed by atoms with Crippen LogP contribution in [-0.4, -0.2) is 25.0 Å². The molecular weight excluding hydrogens is 468 g/mol. The summed E-state index contributed by atoms with van der Waals surface area (Å²) in [6, 6.07) is 16.6. The summed E-state index contributed by atoms with van der Waals surface area (Å²) in [7, 11) is 1.54. The number of benzene rings is 3. The maximum absolute atomic E-state index is 13.2. The number of rotatable bonds is 6. The molecule has 3 aromatic rings. The van der Waals surface area contributed by atoms with Crippen LogP contribution in [-0.2, 0) is 16.2 Å². The molecular formula is C27H23ClN2O5. The molecule has 1 aliphatic heterocycles. The monoisotopic (exact) mass is 490 g/mol. The van der Waals surface area contributed by atoms with Crippen molar-refractivity contribution < 1.29 is 23.9 Å². The molecule has 7 nitrogen and oxygen atoms in total. The van der Waals surface area contributed by atoms with Crippen molar-refractivity contribution in [2.45, 2.75) is 20.5 Å². The van der Waals surface area contributed by atoms with Gasteiger partial charge in [-0.25, -0.2) is 9.69 Å². The Morgan fingerprint density at radius 2 is 1.71 bits per heavy atom. The van der Waals surface area contributed by atoms with Gasteiger partial charge in [0.2, 0.25) is 0 Å². The maximum Gasteiger partial charge on any atom is 0.335 e. The van der Waals surface area contributed by atoms with Gasteiger partial charge in [-0.05, 0) is 55.8 Å². The molecule has 1 saturated heterocycles. The fourth-order valence-corrected chi connectivity index (χ4v) is 4.05. The molecule has 1 aliphatic rings. The zero-order valence-electron chi connectivity index (χ0n) is 19.4. The van der Waals surface area contributed by atoms with Crippen molar-refractivity contribution in [3.8, 4) is 11.5 Å². The number of imide groups is 2. The second-order valence-electron chi connectivity index (χ2n) is 8.13. The van der Waals surface area contributed by atoms with Gasteiger partial charge in [-0.3, -0.25) is 14.9 Å². The normalized spacial score (nSPS) is 14.8. The van der Waals surface area contributed by atoms with Gasteiger partial charge < -0.3 is 9.47 Å². The minimum absolute atomic E-state index is 0.217. The fraction of sp³-hybridized carbons (Fsp3) is 0.148. The first kappa shape index (κ1) is 24.0. The molecule has 4 rings (SSSR count). The number of methoxy groups -OCH3 is 1. The van der Waals surface area contributed by atoms with E-state index < -0.39 is 17.8 Å². The van der Waals surface area contributed by atoms with Crippen molar-refractivity contribution >= 4 is 41.2 Å². The molecule has 1 fully saturated rings. The lowest BCUT2D eigenvalue weighted by atomic mass is 10.1. The number of aryl methyl sites for hydroxylation is 2. The Hall–Kier alpha value is -4.10. The Morgan fingerprint density at radius 1 is 0.971 bits per heavy atom. The number of hydrogen-bond donors (Lipinski definition) is 1. The highest BCUT2D eigenvalue weighted by Crippen LogP contribution is 2.30. The van der Waals surface area contributed by atoms with Crippen molar-refractivity contribution in [3.63, 3.8) is 0 Å². The molecule has 0 aliphatic carbocycles. The number of nitrogens with zero attached hydrogens (tertiary/aromatic N) is 1. The third-order valence-electron chi connectivity index (χ3n) is 5.36. The van der Waals surface area contributed by atoms with E-state index >= 15 is 0 Å². The number of urea groups is 1. The molecule has 35 heavy (non-hydrogen) atoms. The molecule has 1 N–H and O–H groups in total. The molecule has 0 radical (unpaired) electrons. The first-order chi connectivity index (χ1) is 16.7. The predicted octanol–water partition coefficient (Wildman–Crippen LogP) is 5.21. The molecule has 0 spiro atoms. The quantitative estimate of drug-likeness (QED) is 0.378. The van der Waals surface area contributed by atoms with Gasteiger partial charge in [-0.2, -0.15) is 0 Å². The molecule has 0 bridgehead atoms. The van der Waals surface area contributed by atoms with Crippen LogP contribution in [0, 0.1) is 13.8 Å². The topological polar surface area (TPSA) is 84.9 Å². The largest absolute Gasteiger partial charge is 0.497 e. The van der Waals surface area contributed by atoms with E-state index in [1.807, 2.05) is 26.0 Å². The molecule has 178 valence electrons. The number of carbonyl (C=O) groups excluding carboxylic acids is 3. The molecule has 3 aromatic carbocycles. The van der Waals surface area contributed by atoms with Crippen LogP contribution in [0.3, 0.4) is 0 Å². The van der Waals surface area contributed by atoms with Gasteiger partial charge >= 0.3 is 6.03 Å². The summed E-state index contributed by atoms with van der Waals surface area (Å²) in [5.41, 5.74) is 3.73. The number of ether oxygens (including phenoxy) is 2. The average Bonchev–Trinajstić information content (AvgIpc) is 2.80. The van der Waals surface area contributed by atoms with Crippen LogP contribution in [0.25, 0.3) is 6.08 Å². The first-order valence-electron chi connectivity index (χ1n) is 10.8. The van der Waals surface area contributed by atoms with Crippen molar-refractivity contribution in [1.82, 2.24) is 5.32 Å². The summed E-state index contributed by atoms with van der Waals surface area (Å²) in [6.07, 6.45) is 1.40. The summed E-state index contributed by atoms with van der Waals surface area (Å²) in [5, 5.41) is 2.56. The standard InChI is InChI=1S/C27H23ClN2O5/c1-16-9-17(2)11-18(10-16)15-35-24-14-22(34-3)8-7-19(24)12-23-25(31)29-27(33)30(26(23)32)21-6-4-5-20(28)13-21/h4-14H,15H2,1-3H3,(H,29,31,33)/b23-12+. The van der Waals surface area contributed by atoms with Gasteiger partial charge in [-0.1, -0.05) is 47.0 Å². The Balaban J connectivity index is 1.69. The van der Waals surface area contributed by atoms with E-state index in [0.29, 0.717) is 22.1 Å². The van der Waals surface area contributed by atoms with Crippen molar-refractivity contribution in [3.05, 3.63) is 93.5 Å². The van der Waals surface area contributed by atoms with Crippen LogP contribution >= 0.6 is 11.6 Å². The molecule has 4 amide bonds. The maximum atomic E-state index is 13.2. The van der Waals surface area contributed by atoms with Crippen molar-refractivity contribution in [1.29, 1.82) is 0 Å². The van der Waals surface area contributed by atoms with Crippen LogP contribution in [0.4, 0.5) is 10.5 Å². The van der Waals surface area contributed by atoms with Gasteiger partial charge in [0.05, 0.1) is 12.8 Å². The Morgan fingerprint density at radius 3 is 2.40 bits per heavy atom. The van der Waals surface area contributed by atoms with E-state index in [-0.39, 0.29) is 17.9 Å². The smallest absolute Gasteiger partial charge is 0.335 e. The van der Waals surface area contributed by atoms with Crippen molar-refractivity contribution in [2.75, 3.05) is 12.0 Å². The van der Waals surface area contributed by atoms with Gasteiger partial charge in [0.25, 0.3) is 11.8 Å². The number of hydrogen-bond acceptors (Lipinski definition) is 5. The summed E-state index contributed by atoms with van der Waals surface area (Å²) >= 11 is 6.03. The summed E-state index contributed by atoms with van der Waals surface area (Å²) in [6.45, 7) is 4.30. The molecule has 8 heteroatoms. The van der Waals surface area contributed by atoms with Crippen LogP contribution in [0.2, 0.25) is 5.02 Å². The highest BCUT2D eigenvalue weighted by Gasteiger charge is 2.37. The lowest BCUT2D eigenvalue weighted by molar-refractivity contribution is -0.122. The zero-order valence-corrected chi connectivity index (χ0v) is 20.2. The third-order valence-corrected chi connectivity index (χ3v) is 5.60. The SMILES string of the molecule is COc1ccc(/C=C2\C(=O)NC(=O)N(c3cccc(Cl)c3)C2=O)c(OCc2cc(C)cc(C)c2)c1. The van der Waals surface area contributed by atoms with Gasteiger partial charge in [0.15, 0.2) is 0 Å².